The van der Waals surface area contributed by atoms with Crippen LogP contribution < -0.4 is 0 Å². The first-order chi connectivity index (χ1) is 10.1. The fourth-order valence-corrected chi connectivity index (χ4v) is 4.27. The molecule has 0 saturated carbocycles. The molecule has 0 fully saturated rings. The third kappa shape index (κ3) is 2.43. The van der Waals surface area contributed by atoms with Crippen LogP contribution in [0.1, 0.15) is 37.1 Å². The summed E-state index contributed by atoms with van der Waals surface area (Å²) in [5, 5.41) is 1.29. The van der Waals surface area contributed by atoms with E-state index in [2.05, 4.69) is 57.3 Å². The first-order valence-corrected chi connectivity index (χ1v) is 8.14. The van der Waals surface area contributed by atoms with Crippen LogP contribution in [-0.4, -0.2) is 0 Å². The molecule has 0 aliphatic heterocycles. The van der Waals surface area contributed by atoms with Crippen LogP contribution in [0.3, 0.4) is 0 Å². The predicted molar refractivity (Wildman–Crippen MR) is 96.6 cm³/mol. The van der Waals surface area contributed by atoms with E-state index in [1.165, 1.54) is 42.8 Å². The number of rotatable bonds is 3. The molecule has 1 aromatic carbocycles. The molecule has 1 heteroatoms. The van der Waals surface area contributed by atoms with Crippen molar-refractivity contribution in [1.29, 1.82) is 0 Å². The van der Waals surface area contributed by atoms with Crippen LogP contribution in [0.4, 0.5) is 0 Å². The van der Waals surface area contributed by atoms with E-state index in [9.17, 15) is 0 Å². The standard InChI is InChI=1S/C20H20S/c1-5-16-18-8-6-7-9-19(18)21-20(16)15(4)17-11-10-13(2)12-14(17)3/h5-9,12H,1,4,10-11H2,2-3H3. The van der Waals surface area contributed by atoms with Gasteiger partial charge in [-0.05, 0) is 49.5 Å². The van der Waals surface area contributed by atoms with Crippen molar-refractivity contribution >= 4 is 33.1 Å². The Kier molecular flexibility index (Phi) is 3.69. The van der Waals surface area contributed by atoms with Gasteiger partial charge in [0, 0.05) is 20.5 Å². The van der Waals surface area contributed by atoms with Gasteiger partial charge in [-0.2, -0.15) is 0 Å². The highest BCUT2D eigenvalue weighted by atomic mass is 32.1. The second-order valence-electron chi connectivity index (χ2n) is 5.68. The van der Waals surface area contributed by atoms with Gasteiger partial charge in [0.25, 0.3) is 0 Å². The number of hydrogen-bond acceptors (Lipinski definition) is 1. The number of fused-ring (bicyclic) bond motifs is 1. The summed E-state index contributed by atoms with van der Waals surface area (Å²) in [6.45, 7) is 12.8. The minimum absolute atomic E-state index is 1.10. The maximum atomic E-state index is 4.40. The highest BCUT2D eigenvalue weighted by Gasteiger charge is 2.17. The van der Waals surface area contributed by atoms with Crippen molar-refractivity contribution in [1.82, 2.24) is 0 Å². The van der Waals surface area contributed by atoms with E-state index in [1.807, 2.05) is 17.4 Å². The highest BCUT2D eigenvalue weighted by Crippen LogP contribution is 2.41. The fraction of sp³-hybridized carbons (Fsp3) is 0.200. The summed E-state index contributed by atoms with van der Waals surface area (Å²) in [5.74, 6) is 0. The number of thiophene rings is 1. The molecule has 1 aliphatic rings. The molecular formula is C20H20S. The fourth-order valence-electron chi connectivity index (χ4n) is 3.07. The maximum absolute atomic E-state index is 4.40. The molecule has 3 rings (SSSR count). The second kappa shape index (κ2) is 5.50. The first kappa shape index (κ1) is 14.1. The molecule has 2 aromatic rings. The SMILES string of the molecule is C=Cc1c(C(=C)C2=C(C)C=C(C)CC2)sc2ccccc12. The molecule has 0 saturated heterocycles. The van der Waals surface area contributed by atoms with Gasteiger partial charge in [-0.3, -0.25) is 0 Å². The van der Waals surface area contributed by atoms with Gasteiger partial charge in [0.05, 0.1) is 0 Å². The summed E-state index contributed by atoms with van der Waals surface area (Å²) in [6.07, 6.45) is 6.50. The van der Waals surface area contributed by atoms with Crippen LogP contribution in [0.5, 0.6) is 0 Å². The Balaban J connectivity index is 2.15. The summed E-state index contributed by atoms with van der Waals surface area (Å²) in [4.78, 5) is 1.27. The molecule has 106 valence electrons. The normalized spacial score (nSPS) is 15.2. The summed E-state index contributed by atoms with van der Waals surface area (Å²) >= 11 is 1.83. The molecule has 1 aliphatic carbocycles. The molecule has 21 heavy (non-hydrogen) atoms. The largest absolute Gasteiger partial charge is 0.135 e. The van der Waals surface area contributed by atoms with E-state index in [-0.39, 0.29) is 0 Å². The number of hydrogen-bond donors (Lipinski definition) is 0. The van der Waals surface area contributed by atoms with Crippen LogP contribution in [-0.2, 0) is 0 Å². The number of allylic oxidation sites excluding steroid dienone is 5. The summed E-state index contributed by atoms with van der Waals surface area (Å²) in [5.41, 5.74) is 6.62. The monoisotopic (exact) mass is 292 g/mol. The van der Waals surface area contributed by atoms with Gasteiger partial charge in [-0.15, -0.1) is 11.3 Å². The minimum Gasteiger partial charge on any atom is -0.135 e. The van der Waals surface area contributed by atoms with Crippen molar-refractivity contribution in [2.45, 2.75) is 26.7 Å². The lowest BCUT2D eigenvalue weighted by Crippen LogP contribution is -1.98. The molecule has 1 heterocycles. The van der Waals surface area contributed by atoms with E-state index in [0.29, 0.717) is 0 Å². The van der Waals surface area contributed by atoms with Crippen LogP contribution in [0.25, 0.3) is 21.7 Å². The highest BCUT2D eigenvalue weighted by molar-refractivity contribution is 7.20. The van der Waals surface area contributed by atoms with Crippen molar-refractivity contribution in [3.63, 3.8) is 0 Å². The zero-order valence-electron chi connectivity index (χ0n) is 12.7. The molecule has 0 bridgehead atoms. The Labute approximate surface area is 130 Å². The predicted octanol–water partition coefficient (Wildman–Crippen LogP) is 6.61. The van der Waals surface area contributed by atoms with Gasteiger partial charge in [0.1, 0.15) is 0 Å². The lowest BCUT2D eigenvalue weighted by atomic mass is 9.88. The Hall–Kier alpha value is -1.86. The van der Waals surface area contributed by atoms with Gasteiger partial charge in [-0.1, -0.05) is 49.1 Å². The zero-order chi connectivity index (χ0) is 15.0. The lowest BCUT2D eigenvalue weighted by molar-refractivity contribution is 0.915. The molecule has 0 spiro atoms. The summed E-state index contributed by atoms with van der Waals surface area (Å²) in [6, 6.07) is 8.53. The van der Waals surface area contributed by atoms with Crippen molar-refractivity contribution in [2.75, 3.05) is 0 Å². The smallest absolute Gasteiger partial charge is 0.0424 e. The molecule has 0 amide bonds. The average Bonchev–Trinajstić information content (AvgIpc) is 2.85. The molecule has 0 N–H and O–H groups in total. The molecule has 1 aromatic heterocycles. The van der Waals surface area contributed by atoms with E-state index in [0.717, 1.165) is 12.8 Å². The average molecular weight is 292 g/mol. The summed E-state index contributed by atoms with van der Waals surface area (Å²) < 4.78 is 1.31. The Morgan fingerprint density at radius 2 is 1.95 bits per heavy atom. The van der Waals surface area contributed by atoms with Gasteiger partial charge >= 0.3 is 0 Å². The quantitative estimate of drug-likeness (QED) is 0.596. The Morgan fingerprint density at radius 3 is 2.67 bits per heavy atom. The third-order valence-electron chi connectivity index (χ3n) is 4.18. The second-order valence-corrected chi connectivity index (χ2v) is 6.73. The minimum atomic E-state index is 1.10. The van der Waals surface area contributed by atoms with Crippen LogP contribution in [0.15, 0.2) is 60.2 Å². The molecule has 0 atom stereocenters. The summed E-state index contributed by atoms with van der Waals surface area (Å²) in [7, 11) is 0. The Morgan fingerprint density at radius 1 is 1.19 bits per heavy atom. The molecule has 0 unspecified atom stereocenters. The van der Waals surface area contributed by atoms with Gasteiger partial charge < -0.3 is 0 Å². The van der Waals surface area contributed by atoms with E-state index in [4.69, 9.17) is 0 Å². The lowest BCUT2D eigenvalue weighted by Gasteiger charge is -2.18. The first-order valence-electron chi connectivity index (χ1n) is 7.32. The topological polar surface area (TPSA) is 0 Å². The molecule has 0 nitrogen and oxygen atoms in total. The van der Waals surface area contributed by atoms with Crippen LogP contribution in [0, 0.1) is 0 Å². The van der Waals surface area contributed by atoms with Crippen molar-refractivity contribution in [2.24, 2.45) is 0 Å². The zero-order valence-corrected chi connectivity index (χ0v) is 13.5. The van der Waals surface area contributed by atoms with Crippen molar-refractivity contribution in [3.8, 4) is 0 Å². The van der Waals surface area contributed by atoms with E-state index in [1.54, 1.807) is 0 Å². The van der Waals surface area contributed by atoms with Crippen LogP contribution >= 0.6 is 11.3 Å². The Bertz CT molecular complexity index is 796. The van der Waals surface area contributed by atoms with Crippen molar-refractivity contribution in [3.05, 3.63) is 70.7 Å². The number of benzene rings is 1. The van der Waals surface area contributed by atoms with Gasteiger partial charge in [0.15, 0.2) is 0 Å². The third-order valence-corrected chi connectivity index (χ3v) is 5.43. The van der Waals surface area contributed by atoms with E-state index >= 15 is 0 Å². The molecule has 0 radical (unpaired) electrons. The molecular weight excluding hydrogens is 272 g/mol. The van der Waals surface area contributed by atoms with Crippen LogP contribution in [0.2, 0.25) is 0 Å². The maximum Gasteiger partial charge on any atom is 0.0424 e. The van der Waals surface area contributed by atoms with E-state index < -0.39 is 0 Å². The van der Waals surface area contributed by atoms with Gasteiger partial charge in [0.2, 0.25) is 0 Å². The van der Waals surface area contributed by atoms with Gasteiger partial charge in [-0.25, -0.2) is 0 Å². The van der Waals surface area contributed by atoms with Crippen molar-refractivity contribution < 1.29 is 0 Å².